The Balaban J connectivity index is 1.71. The maximum atomic E-state index is 13.1. The number of halogens is 1. The Bertz CT molecular complexity index is 1600. The molecule has 0 aliphatic carbocycles. The third-order valence-corrected chi connectivity index (χ3v) is 14.2. The van der Waals surface area contributed by atoms with Crippen molar-refractivity contribution in [1.82, 2.24) is 4.98 Å². The number of nitrogens with one attached hydrogen (secondary N) is 1. The Labute approximate surface area is 256 Å². The van der Waals surface area contributed by atoms with E-state index < -0.39 is 17.1 Å². The minimum absolute atomic E-state index is 0.0882. The van der Waals surface area contributed by atoms with Crippen molar-refractivity contribution in [2.24, 2.45) is 5.10 Å². The van der Waals surface area contributed by atoms with E-state index >= 15 is 0 Å². The number of anilines is 2. The molecule has 0 bridgehead atoms. The van der Waals surface area contributed by atoms with Crippen molar-refractivity contribution >= 4 is 46.0 Å². The van der Waals surface area contributed by atoms with E-state index in [4.69, 9.17) is 18.2 Å². The number of hydrogen-bond donors (Lipinski definition) is 1. The first kappa shape index (κ1) is 29.9. The second kappa shape index (κ2) is 12.5. The van der Waals surface area contributed by atoms with Crippen LogP contribution in [-0.2, 0) is 8.81 Å². The van der Waals surface area contributed by atoms with E-state index in [1.165, 1.54) is 6.21 Å². The molecule has 2 heterocycles. The van der Waals surface area contributed by atoms with Gasteiger partial charge in [0.05, 0.1) is 0 Å². The molecule has 44 heavy (non-hydrogen) atoms. The van der Waals surface area contributed by atoms with E-state index in [1.54, 1.807) is 72.8 Å². The SMILES string of the molecule is [O-][Cl+3]([O-])([O-])OP(c1ccccc1)(c1ccccc1)(c1ccccc1)c1nc(C=NNc2ccccc2)oc1N1CCOCC1. The van der Waals surface area contributed by atoms with Crippen LogP contribution in [0.25, 0.3) is 0 Å². The van der Waals surface area contributed by atoms with E-state index in [0.717, 1.165) is 5.69 Å². The molecule has 0 radical (unpaired) electrons. The Morgan fingerprint density at radius 3 is 1.70 bits per heavy atom. The van der Waals surface area contributed by atoms with Gasteiger partial charge in [0.15, 0.2) is 0 Å². The first-order chi connectivity index (χ1) is 21.4. The second-order valence-corrected chi connectivity index (χ2v) is 15.4. The molecule has 0 saturated carbocycles. The number of nitrogens with zero attached hydrogens (tertiary/aromatic N) is 3. The van der Waals surface area contributed by atoms with E-state index in [2.05, 4.69) is 10.5 Å². The molecule has 1 saturated heterocycles. The Kier molecular flexibility index (Phi) is 8.48. The van der Waals surface area contributed by atoms with Crippen molar-refractivity contribution in [3.8, 4) is 0 Å². The molecule has 1 aliphatic rings. The number of ether oxygens (including phenoxy) is 1. The number of aromatic nitrogens is 1. The van der Waals surface area contributed by atoms with Gasteiger partial charge in [-0.1, -0.05) is 0 Å². The minimum atomic E-state index is -5.03. The molecule has 1 N–H and O–H groups in total. The van der Waals surface area contributed by atoms with Crippen LogP contribution in [0.4, 0.5) is 11.6 Å². The fourth-order valence-electron chi connectivity index (χ4n) is 5.57. The number of hydrazone groups is 1. The third kappa shape index (κ3) is 5.49. The molecule has 0 spiro atoms. The van der Waals surface area contributed by atoms with Crippen LogP contribution in [0.3, 0.4) is 0 Å². The van der Waals surface area contributed by atoms with Crippen LogP contribution in [0.1, 0.15) is 5.89 Å². The van der Waals surface area contributed by atoms with Gasteiger partial charge >= 0.3 is 257 Å². The number of benzene rings is 4. The monoisotopic (exact) mass is 632 g/mol. The summed E-state index contributed by atoms with van der Waals surface area (Å²) in [4.78, 5) is 6.89. The zero-order valence-corrected chi connectivity index (χ0v) is 25.2. The molecule has 0 atom stereocenters. The molecule has 1 aromatic heterocycles. The van der Waals surface area contributed by atoms with E-state index in [0.29, 0.717) is 42.2 Å². The van der Waals surface area contributed by atoms with Gasteiger partial charge in [-0.25, -0.2) is 0 Å². The summed E-state index contributed by atoms with van der Waals surface area (Å²) in [6, 6.07) is 36.1. The fraction of sp³-hybridized carbons (Fsp3) is 0.125. The van der Waals surface area contributed by atoms with Crippen LogP contribution in [0, 0.1) is 10.2 Å². The molecule has 4 aromatic carbocycles. The third-order valence-electron chi connectivity index (χ3n) is 7.42. The van der Waals surface area contributed by atoms with Crippen LogP contribution in [0.5, 0.6) is 0 Å². The quantitative estimate of drug-likeness (QED) is 0.135. The van der Waals surface area contributed by atoms with Crippen molar-refractivity contribution in [1.29, 1.82) is 0 Å². The molecule has 6 rings (SSSR count). The van der Waals surface area contributed by atoms with Crippen LogP contribution in [0.2, 0.25) is 0 Å². The van der Waals surface area contributed by atoms with E-state index in [9.17, 15) is 14.0 Å². The van der Waals surface area contributed by atoms with Gasteiger partial charge in [-0.05, 0) is 0 Å². The summed E-state index contributed by atoms with van der Waals surface area (Å²) in [5, 5.41) is 5.69. The van der Waals surface area contributed by atoms with Crippen molar-refractivity contribution in [2.45, 2.75) is 0 Å². The predicted molar refractivity (Wildman–Crippen MR) is 163 cm³/mol. The van der Waals surface area contributed by atoms with Gasteiger partial charge in [-0.15, -0.1) is 0 Å². The maximum absolute atomic E-state index is 13.1. The van der Waals surface area contributed by atoms with Crippen molar-refractivity contribution in [2.75, 3.05) is 36.6 Å². The van der Waals surface area contributed by atoms with Crippen LogP contribution >= 0.6 is 6.83 Å². The average molecular weight is 633 g/mol. The first-order valence-electron chi connectivity index (χ1n) is 13.9. The van der Waals surface area contributed by atoms with E-state index in [1.807, 2.05) is 53.4 Å². The molecular formula is C32H30ClN4O6P. The summed E-state index contributed by atoms with van der Waals surface area (Å²) in [7, 11) is -5.03. The molecule has 1 fully saturated rings. The molecule has 0 amide bonds. The summed E-state index contributed by atoms with van der Waals surface area (Å²) in [5.74, 6) is 0.354. The van der Waals surface area contributed by atoms with Crippen molar-refractivity contribution in [3.63, 3.8) is 0 Å². The van der Waals surface area contributed by atoms with Gasteiger partial charge in [0.25, 0.3) is 0 Å². The predicted octanol–water partition coefficient (Wildman–Crippen LogP) is 0.941. The summed E-state index contributed by atoms with van der Waals surface area (Å²) in [5.41, 5.74) is 3.88. The van der Waals surface area contributed by atoms with Crippen LogP contribution in [-0.4, -0.2) is 37.5 Å². The van der Waals surface area contributed by atoms with Gasteiger partial charge < -0.3 is 0 Å². The van der Waals surface area contributed by atoms with Gasteiger partial charge in [0.2, 0.25) is 0 Å². The molecule has 5 aromatic rings. The summed E-state index contributed by atoms with van der Waals surface area (Å²) in [6.07, 6.45) is 1.41. The molecule has 12 heteroatoms. The average Bonchev–Trinajstić information content (AvgIpc) is 3.50. The standard InChI is InChI=1S/C32H30ClN4O6P/c38-33(39,40)43-44(27-15-7-2-8-16-27,28-17-9-3-10-18-28,29-19-11-4-12-20-29)31-32(37-21-23-41-24-22-37)42-30(35-31)25-34-36-26-13-5-1-6-14-26/h1-20,25,36H,21-24H2. The van der Waals surface area contributed by atoms with E-state index in [-0.39, 0.29) is 17.2 Å². The second-order valence-electron chi connectivity index (χ2n) is 10.0. The molecular weight excluding hydrogens is 603 g/mol. The Morgan fingerprint density at radius 2 is 1.23 bits per heavy atom. The molecule has 1 aliphatic heterocycles. The Hall–Kier alpha value is -4.12. The van der Waals surface area contributed by atoms with Gasteiger partial charge in [0.1, 0.15) is 0 Å². The summed E-state index contributed by atoms with van der Waals surface area (Å²) >= 11 is 0. The number of hydrogen-bond acceptors (Lipinski definition) is 10. The topological polar surface area (TPSA) is 141 Å². The fourth-order valence-corrected chi connectivity index (χ4v) is 12.8. The number of rotatable bonds is 10. The van der Waals surface area contributed by atoms with Crippen molar-refractivity contribution < 1.29 is 37.5 Å². The van der Waals surface area contributed by atoms with Gasteiger partial charge in [-0.2, -0.15) is 0 Å². The zero-order chi connectivity index (χ0) is 30.5. The first-order valence-corrected chi connectivity index (χ1v) is 17.3. The van der Waals surface area contributed by atoms with Gasteiger partial charge in [0, 0.05) is 0 Å². The van der Waals surface area contributed by atoms with Crippen molar-refractivity contribution in [3.05, 3.63) is 127 Å². The number of para-hydroxylation sites is 1. The molecule has 0 unspecified atom stereocenters. The molecule has 10 nitrogen and oxygen atoms in total. The van der Waals surface area contributed by atoms with Crippen LogP contribution < -0.4 is 45.7 Å². The zero-order valence-electron chi connectivity index (χ0n) is 23.6. The summed E-state index contributed by atoms with van der Waals surface area (Å²) < 4.78 is 57.4. The normalized spacial score (nSPS) is 15.2. The number of oxazole rings is 1. The van der Waals surface area contributed by atoms with Crippen LogP contribution in [0.15, 0.2) is 131 Å². The Morgan fingerprint density at radius 1 is 0.750 bits per heavy atom. The summed E-state index contributed by atoms with van der Waals surface area (Å²) in [6.45, 7) is -3.32. The number of morpholine rings is 1. The van der Waals surface area contributed by atoms with Gasteiger partial charge in [-0.3, -0.25) is 0 Å². The molecule has 226 valence electrons.